The predicted octanol–water partition coefficient (Wildman–Crippen LogP) is 1.19. The molecule has 0 spiro atoms. The second-order valence-electron chi connectivity index (χ2n) is 6.80. The van der Waals surface area contributed by atoms with Gasteiger partial charge < -0.3 is 15.5 Å². The lowest BCUT2D eigenvalue weighted by molar-refractivity contribution is -0.136. The molecular weight excluding hydrogens is 340 g/mol. The van der Waals surface area contributed by atoms with E-state index in [9.17, 15) is 9.59 Å². The van der Waals surface area contributed by atoms with Crippen LogP contribution in [0.15, 0.2) is 24.3 Å². The van der Waals surface area contributed by atoms with E-state index in [2.05, 4.69) is 9.80 Å². The average molecular weight is 365 g/mol. The molecule has 7 heteroatoms. The summed E-state index contributed by atoms with van der Waals surface area (Å²) >= 11 is 6.27. The van der Waals surface area contributed by atoms with Crippen LogP contribution in [0.25, 0.3) is 0 Å². The van der Waals surface area contributed by atoms with Crippen molar-refractivity contribution in [1.29, 1.82) is 0 Å². The van der Waals surface area contributed by atoms with E-state index in [0.717, 1.165) is 56.3 Å². The number of amides is 2. The standard InChI is InChI=1S/C18H25ClN4O2/c19-15-5-1-2-6-16(15)22-10-8-21(9-11-22)13-17(24)23-7-3-4-14(12-23)18(20)25/h1-2,5-6,14H,3-4,7-13H2,(H2,20,25)/t14-/m1/s1. The van der Waals surface area contributed by atoms with Gasteiger partial charge >= 0.3 is 0 Å². The van der Waals surface area contributed by atoms with E-state index in [1.807, 2.05) is 24.3 Å². The molecule has 2 aliphatic heterocycles. The number of halogens is 1. The Morgan fingerprint density at radius 3 is 2.52 bits per heavy atom. The SMILES string of the molecule is NC(=O)[C@@H]1CCCN(C(=O)CN2CCN(c3ccccc3Cl)CC2)C1. The number of benzene rings is 1. The topological polar surface area (TPSA) is 69.9 Å². The van der Waals surface area contributed by atoms with Crippen LogP contribution in [0.3, 0.4) is 0 Å². The zero-order valence-corrected chi connectivity index (χ0v) is 15.1. The molecule has 0 bridgehead atoms. The largest absolute Gasteiger partial charge is 0.369 e. The van der Waals surface area contributed by atoms with E-state index in [1.165, 1.54) is 0 Å². The number of hydrogen-bond donors (Lipinski definition) is 1. The van der Waals surface area contributed by atoms with Gasteiger partial charge in [0, 0.05) is 39.3 Å². The van der Waals surface area contributed by atoms with Crippen LogP contribution in [-0.2, 0) is 9.59 Å². The van der Waals surface area contributed by atoms with Gasteiger partial charge in [-0.15, -0.1) is 0 Å². The number of rotatable bonds is 4. The quantitative estimate of drug-likeness (QED) is 0.871. The molecule has 0 aliphatic carbocycles. The third-order valence-corrected chi connectivity index (χ3v) is 5.42. The van der Waals surface area contributed by atoms with E-state index < -0.39 is 0 Å². The fourth-order valence-electron chi connectivity index (χ4n) is 3.58. The van der Waals surface area contributed by atoms with Crippen molar-refractivity contribution in [3.05, 3.63) is 29.3 Å². The van der Waals surface area contributed by atoms with E-state index >= 15 is 0 Å². The van der Waals surface area contributed by atoms with E-state index in [1.54, 1.807) is 4.90 Å². The minimum absolute atomic E-state index is 0.0946. The minimum atomic E-state index is -0.300. The number of carbonyl (C=O) groups is 2. The van der Waals surface area contributed by atoms with Gasteiger partial charge in [-0.3, -0.25) is 14.5 Å². The van der Waals surface area contributed by atoms with Gasteiger partial charge in [0.15, 0.2) is 0 Å². The normalized spacial score (nSPS) is 22.0. The molecule has 2 amide bonds. The summed E-state index contributed by atoms with van der Waals surface area (Å²) in [7, 11) is 0. The van der Waals surface area contributed by atoms with Crippen molar-refractivity contribution < 1.29 is 9.59 Å². The zero-order chi connectivity index (χ0) is 17.8. The van der Waals surface area contributed by atoms with Crippen molar-refractivity contribution in [2.24, 2.45) is 11.7 Å². The Labute approximate surface area is 153 Å². The van der Waals surface area contributed by atoms with Crippen molar-refractivity contribution in [2.75, 3.05) is 50.7 Å². The second-order valence-corrected chi connectivity index (χ2v) is 7.20. The van der Waals surface area contributed by atoms with E-state index in [-0.39, 0.29) is 17.7 Å². The van der Waals surface area contributed by atoms with Gasteiger partial charge in [0.05, 0.1) is 23.2 Å². The van der Waals surface area contributed by atoms with Crippen molar-refractivity contribution in [3.63, 3.8) is 0 Å². The maximum atomic E-state index is 12.5. The molecule has 25 heavy (non-hydrogen) atoms. The molecule has 0 unspecified atom stereocenters. The lowest BCUT2D eigenvalue weighted by Crippen LogP contribution is -2.52. The Bertz CT molecular complexity index is 631. The molecule has 1 atom stereocenters. The molecular formula is C18H25ClN4O2. The number of hydrogen-bond acceptors (Lipinski definition) is 4. The Kier molecular flexibility index (Phi) is 5.81. The van der Waals surface area contributed by atoms with Gasteiger partial charge in [-0.2, -0.15) is 0 Å². The first-order valence-corrected chi connectivity index (χ1v) is 9.21. The van der Waals surface area contributed by atoms with Crippen LogP contribution in [0.5, 0.6) is 0 Å². The zero-order valence-electron chi connectivity index (χ0n) is 14.4. The molecule has 2 fully saturated rings. The summed E-state index contributed by atoms with van der Waals surface area (Å²) in [6, 6.07) is 7.85. The van der Waals surface area contributed by atoms with E-state index in [4.69, 9.17) is 17.3 Å². The first-order chi connectivity index (χ1) is 12.0. The summed E-state index contributed by atoms with van der Waals surface area (Å²) in [6.45, 7) is 4.94. The molecule has 1 aromatic rings. The lowest BCUT2D eigenvalue weighted by atomic mass is 9.97. The Morgan fingerprint density at radius 2 is 1.84 bits per heavy atom. The molecule has 2 saturated heterocycles. The van der Waals surface area contributed by atoms with Crippen LogP contribution in [-0.4, -0.2) is 67.4 Å². The van der Waals surface area contributed by atoms with Crippen molar-refractivity contribution in [2.45, 2.75) is 12.8 Å². The highest BCUT2D eigenvalue weighted by atomic mass is 35.5. The maximum Gasteiger partial charge on any atom is 0.236 e. The molecule has 3 rings (SSSR count). The summed E-state index contributed by atoms with van der Waals surface area (Å²) in [4.78, 5) is 30.1. The predicted molar refractivity (Wildman–Crippen MR) is 98.6 cm³/mol. The number of piperazine rings is 1. The third kappa shape index (κ3) is 4.44. The summed E-state index contributed by atoms with van der Waals surface area (Å²) in [5, 5.41) is 0.762. The van der Waals surface area contributed by atoms with Crippen LogP contribution in [0.1, 0.15) is 12.8 Å². The van der Waals surface area contributed by atoms with Gasteiger partial charge in [-0.1, -0.05) is 23.7 Å². The summed E-state index contributed by atoms with van der Waals surface area (Å²) in [6.07, 6.45) is 1.63. The molecule has 6 nitrogen and oxygen atoms in total. The average Bonchev–Trinajstić information content (AvgIpc) is 2.63. The Balaban J connectivity index is 1.49. The molecule has 0 radical (unpaired) electrons. The number of para-hydroxylation sites is 1. The van der Waals surface area contributed by atoms with Crippen molar-refractivity contribution >= 4 is 29.1 Å². The number of piperidine rings is 1. The second kappa shape index (κ2) is 8.06. The molecule has 2 aliphatic rings. The summed E-state index contributed by atoms with van der Waals surface area (Å²) < 4.78 is 0. The number of likely N-dealkylation sites (tertiary alicyclic amines) is 1. The summed E-state index contributed by atoms with van der Waals surface area (Å²) in [5.74, 6) is -0.405. The molecule has 2 N–H and O–H groups in total. The number of carbonyl (C=O) groups excluding carboxylic acids is 2. The smallest absolute Gasteiger partial charge is 0.236 e. The van der Waals surface area contributed by atoms with Crippen LogP contribution in [0.4, 0.5) is 5.69 Å². The monoisotopic (exact) mass is 364 g/mol. The van der Waals surface area contributed by atoms with Crippen LogP contribution < -0.4 is 10.6 Å². The van der Waals surface area contributed by atoms with Gasteiger partial charge in [0.1, 0.15) is 0 Å². The van der Waals surface area contributed by atoms with Crippen LogP contribution in [0.2, 0.25) is 5.02 Å². The third-order valence-electron chi connectivity index (χ3n) is 5.10. The van der Waals surface area contributed by atoms with Gasteiger partial charge in [-0.05, 0) is 25.0 Å². The maximum absolute atomic E-state index is 12.5. The molecule has 1 aromatic carbocycles. The molecule has 0 saturated carbocycles. The lowest BCUT2D eigenvalue weighted by Gasteiger charge is -2.38. The molecule has 0 aromatic heterocycles. The van der Waals surface area contributed by atoms with Crippen molar-refractivity contribution in [3.8, 4) is 0 Å². The first-order valence-electron chi connectivity index (χ1n) is 8.83. The molecule has 2 heterocycles. The number of anilines is 1. The van der Waals surface area contributed by atoms with Gasteiger partial charge in [0.2, 0.25) is 11.8 Å². The minimum Gasteiger partial charge on any atom is -0.369 e. The fraction of sp³-hybridized carbons (Fsp3) is 0.556. The molecule has 136 valence electrons. The number of primary amides is 1. The first kappa shape index (κ1) is 18.0. The van der Waals surface area contributed by atoms with Gasteiger partial charge in [0.25, 0.3) is 0 Å². The van der Waals surface area contributed by atoms with Gasteiger partial charge in [-0.25, -0.2) is 0 Å². The Hall–Kier alpha value is -1.79. The summed E-state index contributed by atoms with van der Waals surface area (Å²) in [5.41, 5.74) is 6.44. The van der Waals surface area contributed by atoms with E-state index in [0.29, 0.717) is 13.1 Å². The Morgan fingerprint density at radius 1 is 1.12 bits per heavy atom. The highest BCUT2D eigenvalue weighted by molar-refractivity contribution is 6.33. The highest BCUT2D eigenvalue weighted by Gasteiger charge is 2.28. The number of nitrogens with zero attached hydrogens (tertiary/aromatic N) is 3. The fourth-order valence-corrected chi connectivity index (χ4v) is 3.84. The number of nitrogens with two attached hydrogens (primary N) is 1. The highest BCUT2D eigenvalue weighted by Crippen LogP contribution is 2.26. The van der Waals surface area contributed by atoms with Crippen molar-refractivity contribution in [1.82, 2.24) is 9.80 Å². The van der Waals surface area contributed by atoms with Crippen LogP contribution in [0, 0.1) is 5.92 Å². The van der Waals surface area contributed by atoms with Crippen LogP contribution >= 0.6 is 11.6 Å².